The Morgan fingerprint density at radius 2 is 1.67 bits per heavy atom. The fraction of sp³-hybridized carbons (Fsp3) is 0.846. The van der Waals surface area contributed by atoms with Crippen LogP contribution in [0, 0.1) is 0 Å². The summed E-state index contributed by atoms with van der Waals surface area (Å²) in [6.07, 6.45) is 6.51. The molecule has 1 saturated heterocycles. The third-order valence-electron chi connectivity index (χ3n) is 3.98. The molecule has 1 amide bonds. The van der Waals surface area contributed by atoms with Crippen LogP contribution in [0.3, 0.4) is 0 Å². The summed E-state index contributed by atoms with van der Waals surface area (Å²) in [5, 5.41) is 8.96. The number of hydrogen-bond donors (Lipinski definition) is 1. The highest BCUT2D eigenvalue weighted by molar-refractivity contribution is 5.79. The van der Waals surface area contributed by atoms with E-state index in [1.54, 1.807) is 0 Å². The Labute approximate surface area is 108 Å². The molecule has 0 bridgehead atoms. The highest BCUT2D eigenvalue weighted by atomic mass is 16.4. The van der Waals surface area contributed by atoms with Crippen LogP contribution in [0.25, 0.3) is 0 Å². The van der Waals surface area contributed by atoms with Gasteiger partial charge in [0.15, 0.2) is 0 Å². The van der Waals surface area contributed by atoms with Crippen molar-refractivity contribution >= 4 is 11.9 Å². The lowest BCUT2D eigenvalue weighted by molar-refractivity contribution is -0.140. The van der Waals surface area contributed by atoms with E-state index in [-0.39, 0.29) is 25.0 Å². The van der Waals surface area contributed by atoms with Crippen molar-refractivity contribution in [3.05, 3.63) is 0 Å². The zero-order valence-electron chi connectivity index (χ0n) is 10.8. The van der Waals surface area contributed by atoms with E-state index in [1.807, 2.05) is 9.80 Å². The molecule has 1 saturated carbocycles. The Morgan fingerprint density at radius 3 is 2.22 bits per heavy atom. The van der Waals surface area contributed by atoms with Gasteiger partial charge in [-0.25, -0.2) is 0 Å². The van der Waals surface area contributed by atoms with Crippen LogP contribution in [-0.4, -0.2) is 59.0 Å². The first-order chi connectivity index (χ1) is 8.66. The van der Waals surface area contributed by atoms with Gasteiger partial charge < -0.3 is 10.0 Å². The van der Waals surface area contributed by atoms with E-state index in [2.05, 4.69) is 0 Å². The number of aliphatic carboxylic acids is 1. The number of rotatable bonds is 5. The molecule has 0 aromatic rings. The van der Waals surface area contributed by atoms with Crippen LogP contribution in [0.5, 0.6) is 0 Å². The smallest absolute Gasteiger partial charge is 0.317 e. The third-order valence-corrected chi connectivity index (χ3v) is 3.98. The molecule has 0 atom stereocenters. The second-order valence-electron chi connectivity index (χ2n) is 5.32. The van der Waals surface area contributed by atoms with Crippen LogP contribution in [0.1, 0.15) is 38.5 Å². The van der Waals surface area contributed by atoms with Crippen LogP contribution in [-0.2, 0) is 9.59 Å². The maximum Gasteiger partial charge on any atom is 0.317 e. The van der Waals surface area contributed by atoms with Crippen molar-refractivity contribution in [2.45, 2.75) is 44.6 Å². The average Bonchev–Trinajstić information content (AvgIpc) is 3.01. The van der Waals surface area contributed by atoms with E-state index < -0.39 is 5.97 Å². The molecule has 1 N–H and O–H groups in total. The van der Waals surface area contributed by atoms with Gasteiger partial charge in [-0.1, -0.05) is 12.8 Å². The van der Waals surface area contributed by atoms with Gasteiger partial charge in [-0.15, -0.1) is 0 Å². The van der Waals surface area contributed by atoms with Gasteiger partial charge in [0.1, 0.15) is 0 Å². The molecule has 18 heavy (non-hydrogen) atoms. The quantitative estimate of drug-likeness (QED) is 0.793. The molecule has 0 spiro atoms. The first-order valence-corrected chi connectivity index (χ1v) is 6.90. The molecule has 102 valence electrons. The first kappa shape index (κ1) is 13.3. The largest absolute Gasteiger partial charge is 0.480 e. The Balaban J connectivity index is 1.90. The topological polar surface area (TPSA) is 60.9 Å². The van der Waals surface area contributed by atoms with Gasteiger partial charge in [0.2, 0.25) is 5.91 Å². The number of carboxylic acids is 1. The summed E-state index contributed by atoms with van der Waals surface area (Å²) in [6.45, 7) is 1.94. The molecule has 1 aliphatic heterocycles. The lowest BCUT2D eigenvalue weighted by Crippen LogP contribution is -2.45. The van der Waals surface area contributed by atoms with Crippen LogP contribution in [0.4, 0.5) is 0 Å². The number of carbonyl (C=O) groups excluding carboxylic acids is 1. The fourth-order valence-corrected chi connectivity index (χ4v) is 3.00. The van der Waals surface area contributed by atoms with E-state index >= 15 is 0 Å². The molecular weight excluding hydrogens is 232 g/mol. The summed E-state index contributed by atoms with van der Waals surface area (Å²) < 4.78 is 0. The Bertz CT molecular complexity index is 307. The van der Waals surface area contributed by atoms with Crippen molar-refractivity contribution in [1.29, 1.82) is 0 Å². The second kappa shape index (κ2) is 6.18. The molecule has 2 aliphatic rings. The maximum atomic E-state index is 12.1. The normalized spacial score (nSPS) is 20.8. The molecule has 2 fully saturated rings. The third kappa shape index (κ3) is 3.45. The number of carbonyl (C=O) groups is 2. The van der Waals surface area contributed by atoms with Crippen molar-refractivity contribution in [3.63, 3.8) is 0 Å². The first-order valence-electron chi connectivity index (χ1n) is 6.90. The van der Waals surface area contributed by atoms with Gasteiger partial charge in [0, 0.05) is 19.1 Å². The Hall–Kier alpha value is -1.10. The molecule has 2 rings (SSSR count). The van der Waals surface area contributed by atoms with E-state index in [1.165, 1.54) is 0 Å². The van der Waals surface area contributed by atoms with Gasteiger partial charge in [-0.05, 0) is 25.7 Å². The number of amides is 1. The van der Waals surface area contributed by atoms with Crippen molar-refractivity contribution in [2.24, 2.45) is 0 Å². The number of hydrogen-bond acceptors (Lipinski definition) is 3. The SMILES string of the molecule is O=C(O)CN(CC(=O)N1CCCC1)C1CCCC1. The number of nitrogens with zero attached hydrogens (tertiary/aromatic N) is 2. The van der Waals surface area contributed by atoms with Crippen molar-refractivity contribution < 1.29 is 14.7 Å². The molecule has 0 unspecified atom stereocenters. The van der Waals surface area contributed by atoms with Crippen LogP contribution < -0.4 is 0 Å². The number of carboxylic acid groups (broad SMARTS) is 1. The molecule has 1 aliphatic carbocycles. The van der Waals surface area contributed by atoms with Gasteiger partial charge in [0.05, 0.1) is 13.1 Å². The molecule has 1 heterocycles. The molecule has 0 aromatic carbocycles. The summed E-state index contributed by atoms with van der Waals surface area (Å²) in [7, 11) is 0. The average molecular weight is 254 g/mol. The van der Waals surface area contributed by atoms with Crippen molar-refractivity contribution in [1.82, 2.24) is 9.80 Å². The zero-order valence-corrected chi connectivity index (χ0v) is 10.8. The summed E-state index contributed by atoms with van der Waals surface area (Å²) in [6, 6.07) is 0.285. The summed E-state index contributed by atoms with van der Waals surface area (Å²) in [5.41, 5.74) is 0. The fourth-order valence-electron chi connectivity index (χ4n) is 3.00. The lowest BCUT2D eigenvalue weighted by atomic mass is 10.2. The van der Waals surface area contributed by atoms with Crippen LogP contribution in [0.2, 0.25) is 0 Å². The van der Waals surface area contributed by atoms with Gasteiger partial charge >= 0.3 is 5.97 Å². The molecular formula is C13H22N2O3. The van der Waals surface area contributed by atoms with Gasteiger partial charge in [-0.3, -0.25) is 14.5 Å². The van der Waals surface area contributed by atoms with E-state index in [4.69, 9.17) is 5.11 Å². The highest BCUT2D eigenvalue weighted by Gasteiger charge is 2.28. The van der Waals surface area contributed by atoms with E-state index in [9.17, 15) is 9.59 Å². The monoisotopic (exact) mass is 254 g/mol. The predicted molar refractivity (Wildman–Crippen MR) is 67.3 cm³/mol. The number of likely N-dealkylation sites (tertiary alicyclic amines) is 1. The standard InChI is InChI=1S/C13H22N2O3/c16-12(14-7-3-4-8-14)9-15(10-13(17)18)11-5-1-2-6-11/h11H,1-10H2,(H,17,18). The maximum absolute atomic E-state index is 12.1. The highest BCUT2D eigenvalue weighted by Crippen LogP contribution is 2.23. The molecule has 0 radical (unpaired) electrons. The molecule has 0 aromatic heterocycles. The molecule has 5 nitrogen and oxygen atoms in total. The van der Waals surface area contributed by atoms with Crippen LogP contribution in [0.15, 0.2) is 0 Å². The van der Waals surface area contributed by atoms with Gasteiger partial charge in [-0.2, -0.15) is 0 Å². The Morgan fingerprint density at radius 1 is 1.06 bits per heavy atom. The minimum atomic E-state index is -0.837. The lowest BCUT2D eigenvalue weighted by Gasteiger charge is -2.28. The van der Waals surface area contributed by atoms with Crippen LogP contribution >= 0.6 is 0 Å². The van der Waals surface area contributed by atoms with E-state index in [0.717, 1.165) is 51.6 Å². The van der Waals surface area contributed by atoms with E-state index in [0.29, 0.717) is 0 Å². The van der Waals surface area contributed by atoms with Crippen molar-refractivity contribution in [3.8, 4) is 0 Å². The Kier molecular flexibility index (Phi) is 4.58. The minimum Gasteiger partial charge on any atom is -0.480 e. The predicted octanol–water partition coefficient (Wildman–Crippen LogP) is 0.938. The zero-order chi connectivity index (χ0) is 13.0. The van der Waals surface area contributed by atoms with Gasteiger partial charge in [0.25, 0.3) is 0 Å². The second-order valence-corrected chi connectivity index (χ2v) is 5.32. The summed E-state index contributed by atoms with van der Waals surface area (Å²) in [4.78, 5) is 26.7. The minimum absolute atomic E-state index is 0.00968. The summed E-state index contributed by atoms with van der Waals surface area (Å²) >= 11 is 0. The summed E-state index contributed by atoms with van der Waals surface area (Å²) in [5.74, 6) is -0.739. The molecule has 5 heteroatoms. The van der Waals surface area contributed by atoms with Crippen molar-refractivity contribution in [2.75, 3.05) is 26.2 Å².